The normalized spacial score (nSPS) is 10.7. The molecule has 0 spiro atoms. The van der Waals surface area contributed by atoms with Crippen molar-refractivity contribution in [3.8, 4) is 0 Å². The third kappa shape index (κ3) is 5.87. The van der Waals surface area contributed by atoms with Gasteiger partial charge in [-0.2, -0.15) is 0 Å². The molecule has 0 aliphatic carbocycles. The van der Waals surface area contributed by atoms with E-state index in [0.29, 0.717) is 11.4 Å². The van der Waals surface area contributed by atoms with E-state index in [0.717, 1.165) is 0 Å². The summed E-state index contributed by atoms with van der Waals surface area (Å²) in [7, 11) is 1.54. The van der Waals surface area contributed by atoms with Gasteiger partial charge in [0.25, 0.3) is 0 Å². The van der Waals surface area contributed by atoms with Crippen molar-refractivity contribution in [2.75, 3.05) is 17.7 Å². The molecular formula is C13H20N4O2. The van der Waals surface area contributed by atoms with Crippen LogP contribution in [0.3, 0.4) is 0 Å². The topological polar surface area (TPSA) is 96.2 Å². The molecule has 0 radical (unpaired) electrons. The zero-order valence-electron chi connectivity index (χ0n) is 11.4. The van der Waals surface area contributed by atoms with E-state index in [1.807, 2.05) is 0 Å². The van der Waals surface area contributed by atoms with Gasteiger partial charge in [0.1, 0.15) is 0 Å². The number of nitrogens with two attached hydrogens (primary N) is 1. The van der Waals surface area contributed by atoms with Gasteiger partial charge in [0.15, 0.2) is 0 Å². The number of anilines is 2. The quantitative estimate of drug-likeness (QED) is 0.663. The van der Waals surface area contributed by atoms with Gasteiger partial charge in [0.05, 0.1) is 0 Å². The average molecular weight is 264 g/mol. The number of urea groups is 1. The third-order valence-electron chi connectivity index (χ3n) is 2.27. The van der Waals surface area contributed by atoms with Crippen molar-refractivity contribution in [2.45, 2.75) is 25.8 Å². The fourth-order valence-corrected chi connectivity index (χ4v) is 1.45. The van der Waals surface area contributed by atoms with Crippen molar-refractivity contribution in [2.24, 2.45) is 5.73 Å². The highest BCUT2D eigenvalue weighted by Gasteiger charge is 2.16. The summed E-state index contributed by atoms with van der Waals surface area (Å²) < 4.78 is 0. The predicted molar refractivity (Wildman–Crippen MR) is 76.0 cm³/mol. The first kappa shape index (κ1) is 15.0. The monoisotopic (exact) mass is 264 g/mol. The largest absolute Gasteiger partial charge is 0.341 e. The molecule has 1 aromatic carbocycles. The van der Waals surface area contributed by atoms with Crippen LogP contribution in [0, 0.1) is 0 Å². The van der Waals surface area contributed by atoms with Crippen LogP contribution in [-0.2, 0) is 4.79 Å². The molecule has 104 valence electrons. The Labute approximate surface area is 112 Å². The molecule has 0 unspecified atom stereocenters. The number of nitrogens with one attached hydrogen (secondary N) is 3. The van der Waals surface area contributed by atoms with Crippen molar-refractivity contribution in [1.29, 1.82) is 0 Å². The molecular weight excluding hydrogens is 244 g/mol. The smallest absolute Gasteiger partial charge is 0.318 e. The molecule has 0 fully saturated rings. The highest BCUT2D eigenvalue weighted by molar-refractivity contribution is 5.92. The molecule has 19 heavy (non-hydrogen) atoms. The van der Waals surface area contributed by atoms with Gasteiger partial charge in [-0.25, -0.2) is 4.79 Å². The van der Waals surface area contributed by atoms with Crippen molar-refractivity contribution in [3.63, 3.8) is 0 Å². The fourth-order valence-electron chi connectivity index (χ4n) is 1.45. The Kier molecular flexibility index (Phi) is 4.88. The van der Waals surface area contributed by atoms with E-state index in [2.05, 4.69) is 16.0 Å². The molecule has 6 heteroatoms. The number of benzene rings is 1. The van der Waals surface area contributed by atoms with Crippen LogP contribution in [-0.4, -0.2) is 24.5 Å². The van der Waals surface area contributed by atoms with Gasteiger partial charge in [-0.05, 0) is 38.1 Å². The average Bonchev–Trinajstić information content (AvgIpc) is 2.29. The van der Waals surface area contributed by atoms with Crippen LogP contribution in [0.2, 0.25) is 0 Å². The molecule has 5 N–H and O–H groups in total. The molecule has 0 atom stereocenters. The van der Waals surface area contributed by atoms with E-state index in [4.69, 9.17) is 5.73 Å². The standard InChI is InChI=1S/C13H20N4O2/c1-13(2,14)8-11(18)16-9-4-6-10(7-5-9)17-12(19)15-3/h4-7H,8,14H2,1-3H3,(H,16,18)(H2,15,17,19). The first-order valence-electron chi connectivity index (χ1n) is 5.98. The third-order valence-corrected chi connectivity index (χ3v) is 2.27. The lowest BCUT2D eigenvalue weighted by Gasteiger charge is -2.17. The van der Waals surface area contributed by atoms with Crippen LogP contribution in [0.1, 0.15) is 20.3 Å². The van der Waals surface area contributed by atoms with Crippen molar-refractivity contribution in [3.05, 3.63) is 24.3 Å². The molecule has 1 aromatic rings. The SMILES string of the molecule is CNC(=O)Nc1ccc(NC(=O)CC(C)(C)N)cc1. The lowest BCUT2D eigenvalue weighted by molar-refractivity contribution is -0.117. The molecule has 0 aromatic heterocycles. The zero-order chi connectivity index (χ0) is 14.5. The number of hydrogen-bond acceptors (Lipinski definition) is 3. The van der Waals surface area contributed by atoms with E-state index in [-0.39, 0.29) is 18.4 Å². The van der Waals surface area contributed by atoms with Gasteiger partial charge in [-0.3, -0.25) is 4.79 Å². The molecule has 0 aliphatic heterocycles. The minimum absolute atomic E-state index is 0.139. The summed E-state index contributed by atoms with van der Waals surface area (Å²) in [6, 6.07) is 6.55. The van der Waals surface area contributed by atoms with Crippen LogP contribution in [0.5, 0.6) is 0 Å². The van der Waals surface area contributed by atoms with Crippen LogP contribution in [0.4, 0.5) is 16.2 Å². The Hall–Kier alpha value is -2.08. The first-order valence-corrected chi connectivity index (χ1v) is 5.98. The maximum atomic E-state index is 11.7. The van der Waals surface area contributed by atoms with Crippen LogP contribution in [0.25, 0.3) is 0 Å². The highest BCUT2D eigenvalue weighted by Crippen LogP contribution is 2.14. The lowest BCUT2D eigenvalue weighted by Crippen LogP contribution is -2.36. The van der Waals surface area contributed by atoms with Crippen molar-refractivity contribution >= 4 is 23.3 Å². The van der Waals surface area contributed by atoms with Crippen LogP contribution in [0.15, 0.2) is 24.3 Å². The van der Waals surface area contributed by atoms with Gasteiger partial charge >= 0.3 is 6.03 Å². The fraction of sp³-hybridized carbons (Fsp3) is 0.385. The van der Waals surface area contributed by atoms with Gasteiger partial charge in [-0.15, -0.1) is 0 Å². The predicted octanol–water partition coefficient (Wildman–Crippen LogP) is 1.50. The summed E-state index contributed by atoms with van der Waals surface area (Å²) in [5.74, 6) is -0.139. The molecule has 1 rings (SSSR count). The zero-order valence-corrected chi connectivity index (χ0v) is 11.4. The minimum atomic E-state index is -0.537. The van der Waals surface area contributed by atoms with Crippen molar-refractivity contribution < 1.29 is 9.59 Å². The van der Waals surface area contributed by atoms with Gasteiger partial charge in [0.2, 0.25) is 5.91 Å². The van der Waals surface area contributed by atoms with E-state index in [9.17, 15) is 9.59 Å². The summed E-state index contributed by atoms with van der Waals surface area (Å²) in [4.78, 5) is 22.8. The number of rotatable bonds is 4. The maximum absolute atomic E-state index is 11.7. The second-order valence-corrected chi connectivity index (χ2v) is 5.00. The van der Waals surface area contributed by atoms with E-state index < -0.39 is 5.54 Å². The number of amides is 3. The summed E-state index contributed by atoms with van der Waals surface area (Å²) in [6.07, 6.45) is 0.241. The lowest BCUT2D eigenvalue weighted by atomic mass is 10.0. The van der Waals surface area contributed by atoms with Crippen LogP contribution >= 0.6 is 0 Å². The number of hydrogen-bond donors (Lipinski definition) is 4. The maximum Gasteiger partial charge on any atom is 0.318 e. The first-order chi connectivity index (χ1) is 8.80. The number of carbonyl (C=O) groups is 2. The Morgan fingerprint density at radius 1 is 1.11 bits per heavy atom. The second-order valence-electron chi connectivity index (χ2n) is 5.00. The van der Waals surface area contributed by atoms with Gasteiger partial charge in [0, 0.05) is 30.4 Å². The summed E-state index contributed by atoms with van der Waals surface area (Å²) in [6.45, 7) is 3.59. The molecule has 0 aliphatic rings. The molecule has 0 saturated carbocycles. The molecule has 0 bridgehead atoms. The van der Waals surface area contributed by atoms with Gasteiger partial charge in [-0.1, -0.05) is 0 Å². The summed E-state index contributed by atoms with van der Waals surface area (Å²) in [5.41, 5.74) is 6.55. The molecule has 0 heterocycles. The minimum Gasteiger partial charge on any atom is -0.341 e. The molecule has 6 nitrogen and oxygen atoms in total. The number of carbonyl (C=O) groups excluding carboxylic acids is 2. The second kappa shape index (κ2) is 6.19. The summed E-state index contributed by atoms with van der Waals surface area (Å²) >= 11 is 0. The van der Waals surface area contributed by atoms with Crippen molar-refractivity contribution in [1.82, 2.24) is 5.32 Å². The highest BCUT2D eigenvalue weighted by atomic mass is 16.2. The van der Waals surface area contributed by atoms with E-state index in [1.165, 1.54) is 0 Å². The Bertz CT molecular complexity index is 449. The van der Waals surface area contributed by atoms with E-state index >= 15 is 0 Å². The van der Waals surface area contributed by atoms with Crippen LogP contribution < -0.4 is 21.7 Å². The van der Waals surface area contributed by atoms with E-state index in [1.54, 1.807) is 45.2 Å². The Morgan fingerprint density at radius 2 is 1.58 bits per heavy atom. The van der Waals surface area contributed by atoms with Gasteiger partial charge < -0.3 is 21.7 Å². The Morgan fingerprint density at radius 3 is 2.00 bits per heavy atom. The Balaban J connectivity index is 2.57. The molecule has 3 amide bonds. The molecule has 0 saturated heterocycles. The summed E-state index contributed by atoms with van der Waals surface area (Å²) in [5, 5.41) is 7.83.